The molecule has 1 aromatic heterocycles. The SMILES string of the molecule is CCOC(=O)c1c(-c2ccccc2)oc2ccc(OCC(O)CN3CCCCC3)cc12. The Morgan fingerprint density at radius 2 is 1.90 bits per heavy atom. The van der Waals surface area contributed by atoms with Gasteiger partial charge in [-0.1, -0.05) is 36.8 Å². The van der Waals surface area contributed by atoms with Crippen molar-refractivity contribution in [1.29, 1.82) is 0 Å². The highest BCUT2D eigenvalue weighted by atomic mass is 16.5. The maximum absolute atomic E-state index is 12.7. The number of rotatable bonds is 8. The van der Waals surface area contributed by atoms with Crippen LogP contribution >= 0.6 is 0 Å². The van der Waals surface area contributed by atoms with E-state index in [4.69, 9.17) is 13.9 Å². The monoisotopic (exact) mass is 423 g/mol. The van der Waals surface area contributed by atoms with E-state index in [2.05, 4.69) is 4.90 Å². The topological polar surface area (TPSA) is 72.1 Å². The number of carbonyl (C=O) groups is 1. The van der Waals surface area contributed by atoms with Gasteiger partial charge in [0.1, 0.15) is 35.4 Å². The molecule has 0 amide bonds. The highest BCUT2D eigenvalue weighted by Gasteiger charge is 2.24. The van der Waals surface area contributed by atoms with Gasteiger partial charge in [0.25, 0.3) is 0 Å². The summed E-state index contributed by atoms with van der Waals surface area (Å²) in [5.41, 5.74) is 1.78. The van der Waals surface area contributed by atoms with Crippen LogP contribution in [0.3, 0.4) is 0 Å². The molecular weight excluding hydrogens is 394 g/mol. The number of hydrogen-bond acceptors (Lipinski definition) is 6. The summed E-state index contributed by atoms with van der Waals surface area (Å²) in [6, 6.07) is 14.9. The molecule has 1 saturated heterocycles. The first kappa shape index (κ1) is 21.4. The number of carbonyl (C=O) groups excluding carboxylic acids is 1. The Hall–Kier alpha value is -2.83. The largest absolute Gasteiger partial charge is 0.491 e. The predicted molar refractivity (Wildman–Crippen MR) is 119 cm³/mol. The van der Waals surface area contributed by atoms with Crippen LogP contribution in [0, 0.1) is 0 Å². The fourth-order valence-corrected chi connectivity index (χ4v) is 4.05. The van der Waals surface area contributed by atoms with E-state index in [0.717, 1.165) is 18.7 Å². The van der Waals surface area contributed by atoms with E-state index in [9.17, 15) is 9.90 Å². The molecule has 0 aliphatic carbocycles. The molecule has 31 heavy (non-hydrogen) atoms. The summed E-state index contributed by atoms with van der Waals surface area (Å²) >= 11 is 0. The summed E-state index contributed by atoms with van der Waals surface area (Å²) in [5.74, 6) is 0.634. The Balaban J connectivity index is 1.55. The molecule has 4 rings (SSSR count). The van der Waals surface area contributed by atoms with Crippen molar-refractivity contribution in [2.24, 2.45) is 0 Å². The standard InChI is InChI=1S/C25H29NO5/c1-2-29-25(28)23-21-15-20(30-17-19(27)16-26-13-7-4-8-14-26)11-12-22(21)31-24(23)18-9-5-3-6-10-18/h3,5-6,9-12,15,19,27H,2,4,7-8,13-14,16-17H2,1H3. The zero-order valence-electron chi connectivity index (χ0n) is 17.9. The molecule has 0 spiro atoms. The van der Waals surface area contributed by atoms with Crippen LogP contribution in [-0.2, 0) is 4.74 Å². The summed E-state index contributed by atoms with van der Waals surface area (Å²) in [6.45, 7) is 4.92. The first-order chi connectivity index (χ1) is 15.2. The number of furan rings is 1. The van der Waals surface area contributed by atoms with Crippen LogP contribution in [0.2, 0.25) is 0 Å². The van der Waals surface area contributed by atoms with E-state index in [-0.39, 0.29) is 13.2 Å². The molecule has 6 heteroatoms. The third kappa shape index (κ3) is 5.09. The Morgan fingerprint density at radius 3 is 2.65 bits per heavy atom. The number of hydrogen-bond donors (Lipinski definition) is 1. The van der Waals surface area contributed by atoms with Crippen LogP contribution in [0.25, 0.3) is 22.3 Å². The molecule has 1 aliphatic heterocycles. The minimum atomic E-state index is -0.567. The zero-order chi connectivity index (χ0) is 21.6. The molecule has 1 aliphatic rings. The lowest BCUT2D eigenvalue weighted by molar-refractivity contribution is 0.0528. The third-order valence-electron chi connectivity index (χ3n) is 5.53. The van der Waals surface area contributed by atoms with Crippen LogP contribution in [0.4, 0.5) is 0 Å². The van der Waals surface area contributed by atoms with Crippen molar-refractivity contribution in [3.05, 3.63) is 54.1 Å². The molecule has 1 unspecified atom stereocenters. The Labute approximate surface area is 182 Å². The maximum atomic E-state index is 12.7. The van der Waals surface area contributed by atoms with Gasteiger partial charge in [-0.2, -0.15) is 0 Å². The van der Waals surface area contributed by atoms with E-state index in [0.29, 0.717) is 34.6 Å². The van der Waals surface area contributed by atoms with Gasteiger partial charge in [-0.05, 0) is 51.1 Å². The van der Waals surface area contributed by atoms with Gasteiger partial charge in [-0.15, -0.1) is 0 Å². The van der Waals surface area contributed by atoms with Crippen molar-refractivity contribution in [1.82, 2.24) is 4.90 Å². The number of nitrogens with zero attached hydrogens (tertiary/aromatic N) is 1. The van der Waals surface area contributed by atoms with Gasteiger partial charge < -0.3 is 23.9 Å². The van der Waals surface area contributed by atoms with Gasteiger partial charge in [0.2, 0.25) is 0 Å². The first-order valence-corrected chi connectivity index (χ1v) is 11.0. The summed E-state index contributed by atoms with van der Waals surface area (Å²) in [6.07, 6.45) is 3.07. The second-order valence-corrected chi connectivity index (χ2v) is 7.88. The fourth-order valence-electron chi connectivity index (χ4n) is 4.05. The lowest BCUT2D eigenvalue weighted by atomic mass is 10.1. The van der Waals surface area contributed by atoms with E-state index < -0.39 is 12.1 Å². The minimum Gasteiger partial charge on any atom is -0.491 e. The molecule has 2 aromatic carbocycles. The van der Waals surface area contributed by atoms with Crippen LogP contribution in [0.5, 0.6) is 5.75 Å². The Bertz CT molecular complexity index is 1010. The molecule has 1 atom stereocenters. The molecule has 0 radical (unpaired) electrons. The number of ether oxygens (including phenoxy) is 2. The normalized spacial score (nSPS) is 15.7. The molecule has 1 fully saturated rings. The highest BCUT2D eigenvalue weighted by Crippen LogP contribution is 2.36. The third-order valence-corrected chi connectivity index (χ3v) is 5.53. The number of β-amino-alcohol motifs (C(OH)–C–C–N with tert-alkyl or cyclic N) is 1. The molecule has 2 heterocycles. The van der Waals surface area contributed by atoms with Crippen LogP contribution < -0.4 is 4.74 Å². The van der Waals surface area contributed by atoms with Gasteiger partial charge in [-0.25, -0.2) is 4.79 Å². The van der Waals surface area contributed by atoms with E-state index in [1.165, 1.54) is 19.3 Å². The number of fused-ring (bicyclic) bond motifs is 1. The highest BCUT2D eigenvalue weighted by molar-refractivity contribution is 6.09. The van der Waals surface area contributed by atoms with Crippen LogP contribution in [-0.4, -0.2) is 54.9 Å². The van der Waals surface area contributed by atoms with Crippen molar-refractivity contribution in [2.75, 3.05) is 32.8 Å². The lowest BCUT2D eigenvalue weighted by Crippen LogP contribution is -2.38. The van der Waals surface area contributed by atoms with E-state index in [1.807, 2.05) is 30.3 Å². The Morgan fingerprint density at radius 1 is 1.13 bits per heavy atom. The molecular formula is C25H29NO5. The fraction of sp³-hybridized carbons (Fsp3) is 0.400. The molecule has 164 valence electrons. The molecule has 6 nitrogen and oxygen atoms in total. The molecule has 0 saturated carbocycles. The number of aliphatic hydroxyl groups is 1. The number of benzene rings is 2. The number of likely N-dealkylation sites (tertiary alicyclic amines) is 1. The van der Waals surface area contributed by atoms with Gasteiger partial charge >= 0.3 is 5.97 Å². The van der Waals surface area contributed by atoms with E-state index in [1.54, 1.807) is 25.1 Å². The van der Waals surface area contributed by atoms with Crippen molar-refractivity contribution >= 4 is 16.9 Å². The second kappa shape index (κ2) is 9.98. The van der Waals surface area contributed by atoms with Crippen molar-refractivity contribution in [3.63, 3.8) is 0 Å². The smallest absolute Gasteiger partial charge is 0.342 e. The Kier molecular flexibility index (Phi) is 6.89. The molecule has 0 bridgehead atoms. The average molecular weight is 424 g/mol. The number of piperidine rings is 1. The van der Waals surface area contributed by atoms with Crippen LogP contribution in [0.1, 0.15) is 36.5 Å². The quantitative estimate of drug-likeness (QED) is 0.538. The summed E-state index contributed by atoms with van der Waals surface area (Å²) in [5, 5.41) is 11.0. The summed E-state index contributed by atoms with van der Waals surface area (Å²) in [7, 11) is 0. The van der Waals surface area contributed by atoms with Crippen LogP contribution in [0.15, 0.2) is 52.9 Å². The molecule has 3 aromatic rings. The average Bonchev–Trinajstić information content (AvgIpc) is 3.18. The van der Waals surface area contributed by atoms with Crippen molar-refractivity contribution in [2.45, 2.75) is 32.3 Å². The summed E-state index contributed by atoms with van der Waals surface area (Å²) in [4.78, 5) is 15.0. The lowest BCUT2D eigenvalue weighted by Gasteiger charge is -2.28. The van der Waals surface area contributed by atoms with Gasteiger partial charge in [0, 0.05) is 17.5 Å². The number of aliphatic hydroxyl groups excluding tert-OH is 1. The molecule has 1 N–H and O–H groups in total. The van der Waals surface area contributed by atoms with E-state index >= 15 is 0 Å². The van der Waals surface area contributed by atoms with Crippen molar-refractivity contribution < 1.29 is 23.8 Å². The van der Waals surface area contributed by atoms with Crippen molar-refractivity contribution in [3.8, 4) is 17.1 Å². The second-order valence-electron chi connectivity index (χ2n) is 7.88. The van der Waals surface area contributed by atoms with Gasteiger partial charge in [-0.3, -0.25) is 0 Å². The first-order valence-electron chi connectivity index (χ1n) is 11.0. The maximum Gasteiger partial charge on any atom is 0.342 e. The predicted octanol–water partition coefficient (Wildman–Crippen LogP) is 4.50. The zero-order valence-corrected chi connectivity index (χ0v) is 17.9. The van der Waals surface area contributed by atoms with Gasteiger partial charge in [0.05, 0.1) is 6.61 Å². The summed E-state index contributed by atoms with van der Waals surface area (Å²) < 4.78 is 17.2. The van der Waals surface area contributed by atoms with Gasteiger partial charge in [0.15, 0.2) is 0 Å². The number of esters is 1. The minimum absolute atomic E-state index is 0.195.